The van der Waals surface area contributed by atoms with Crippen molar-refractivity contribution in [3.05, 3.63) is 60.7 Å². The van der Waals surface area contributed by atoms with Crippen LogP contribution in [0.25, 0.3) is 10.8 Å². The summed E-state index contributed by atoms with van der Waals surface area (Å²) in [7, 11) is -2.85. The average molecular weight is 342 g/mol. The fourth-order valence-electron chi connectivity index (χ4n) is 2.36. The van der Waals surface area contributed by atoms with Crippen LogP contribution in [0, 0.1) is 0 Å². The molecule has 0 aliphatic rings. The average Bonchev–Trinajstić information content (AvgIpc) is 2.58. The lowest BCUT2D eigenvalue weighted by molar-refractivity contribution is 0.416. The highest BCUT2D eigenvalue weighted by Gasteiger charge is 2.15. The summed E-state index contributed by atoms with van der Waals surface area (Å²) in [4.78, 5) is -0.199. The van der Waals surface area contributed by atoms with E-state index in [1.54, 1.807) is 48.5 Å². The van der Waals surface area contributed by atoms with Gasteiger partial charge in [0.25, 0.3) is 10.1 Å². The van der Waals surface area contributed by atoms with Gasteiger partial charge in [0.2, 0.25) is 0 Å². The summed E-state index contributed by atoms with van der Waals surface area (Å²) in [5, 5.41) is 9.25. The number of rotatable bonds is 4. The molecule has 1 N–H and O–H groups in total. The summed E-state index contributed by atoms with van der Waals surface area (Å²) < 4.78 is 37.9. The Morgan fingerprint density at radius 3 is 2.42 bits per heavy atom. The van der Waals surface area contributed by atoms with Crippen molar-refractivity contribution in [3.8, 4) is 5.75 Å². The molecule has 0 bridgehead atoms. The van der Waals surface area contributed by atoms with Crippen LogP contribution < -0.4 is 4.74 Å². The third-order valence-corrected chi connectivity index (χ3v) is 4.34. The summed E-state index contributed by atoms with van der Waals surface area (Å²) >= 11 is 0. The first-order valence-corrected chi connectivity index (χ1v) is 8.48. The van der Waals surface area contributed by atoms with Crippen molar-refractivity contribution in [1.29, 1.82) is 0 Å². The topological polar surface area (TPSA) is 88.3 Å². The Bertz CT molecular complexity index is 1030. The molecule has 0 spiro atoms. The standard InChI is InChI=1S/C17H14N2O4S/c1-23-16-9-5-4-8-15(16)19-18-13-10-12-6-2-3-7-14(12)17(11-13)24(20,21)22/h2-11H,1H3,(H,20,21,22). The number of fused-ring (bicyclic) bond motifs is 1. The normalized spacial score (nSPS) is 11.9. The second-order valence-corrected chi connectivity index (χ2v) is 6.40. The highest BCUT2D eigenvalue weighted by molar-refractivity contribution is 7.86. The lowest BCUT2D eigenvalue weighted by Gasteiger charge is -2.05. The molecule has 7 heteroatoms. The highest BCUT2D eigenvalue weighted by atomic mass is 32.2. The fourth-order valence-corrected chi connectivity index (χ4v) is 3.09. The Morgan fingerprint density at radius 1 is 0.958 bits per heavy atom. The number of hydrogen-bond acceptors (Lipinski definition) is 5. The van der Waals surface area contributed by atoms with Crippen molar-refractivity contribution >= 4 is 32.3 Å². The van der Waals surface area contributed by atoms with Gasteiger partial charge in [-0.2, -0.15) is 13.5 Å². The number of benzene rings is 3. The third-order valence-electron chi connectivity index (χ3n) is 3.44. The van der Waals surface area contributed by atoms with Crippen molar-refractivity contribution in [2.75, 3.05) is 7.11 Å². The zero-order chi connectivity index (χ0) is 17.2. The molecule has 6 nitrogen and oxygen atoms in total. The first-order valence-electron chi connectivity index (χ1n) is 7.04. The molecule has 24 heavy (non-hydrogen) atoms. The molecule has 0 fully saturated rings. The van der Waals surface area contributed by atoms with E-state index in [4.69, 9.17) is 4.74 Å². The van der Waals surface area contributed by atoms with Gasteiger partial charge in [-0.25, -0.2) is 0 Å². The summed E-state index contributed by atoms with van der Waals surface area (Å²) in [5.74, 6) is 0.553. The predicted molar refractivity (Wildman–Crippen MR) is 90.9 cm³/mol. The van der Waals surface area contributed by atoms with Crippen LogP contribution in [0.2, 0.25) is 0 Å². The van der Waals surface area contributed by atoms with Crippen molar-refractivity contribution in [1.82, 2.24) is 0 Å². The maximum absolute atomic E-state index is 11.6. The molecule has 0 atom stereocenters. The van der Waals surface area contributed by atoms with Crippen LogP contribution in [0.5, 0.6) is 5.75 Å². The molecular formula is C17H14N2O4S. The van der Waals surface area contributed by atoms with Crippen molar-refractivity contribution < 1.29 is 17.7 Å². The molecule has 0 saturated carbocycles. The van der Waals surface area contributed by atoms with E-state index in [1.807, 2.05) is 6.07 Å². The van der Waals surface area contributed by atoms with E-state index in [0.717, 1.165) is 0 Å². The molecular weight excluding hydrogens is 328 g/mol. The van der Waals surface area contributed by atoms with Gasteiger partial charge >= 0.3 is 0 Å². The smallest absolute Gasteiger partial charge is 0.295 e. The van der Waals surface area contributed by atoms with Crippen LogP contribution >= 0.6 is 0 Å². The minimum Gasteiger partial charge on any atom is -0.494 e. The number of para-hydroxylation sites is 1. The zero-order valence-corrected chi connectivity index (χ0v) is 13.6. The SMILES string of the molecule is COc1ccccc1N=Nc1cc(S(=O)(=O)O)c2ccccc2c1. The number of ether oxygens (including phenoxy) is 1. The van der Waals surface area contributed by atoms with Crippen LogP contribution in [-0.2, 0) is 10.1 Å². The Balaban J connectivity index is 2.12. The molecule has 0 heterocycles. The van der Waals surface area contributed by atoms with Crippen molar-refractivity contribution in [3.63, 3.8) is 0 Å². The van der Waals surface area contributed by atoms with E-state index in [2.05, 4.69) is 10.2 Å². The van der Waals surface area contributed by atoms with Gasteiger partial charge < -0.3 is 4.74 Å². The molecule has 0 unspecified atom stereocenters. The molecule has 0 aliphatic carbocycles. The molecule has 0 aliphatic heterocycles. The Hall–Kier alpha value is -2.77. The van der Waals surface area contributed by atoms with Gasteiger partial charge in [-0.1, -0.05) is 36.4 Å². The monoisotopic (exact) mass is 342 g/mol. The summed E-state index contributed by atoms with van der Waals surface area (Å²) in [6.45, 7) is 0. The molecule has 3 aromatic carbocycles. The first-order chi connectivity index (χ1) is 11.5. The van der Waals surface area contributed by atoms with Gasteiger partial charge in [0, 0.05) is 5.39 Å². The molecule has 3 aromatic rings. The fraction of sp³-hybridized carbons (Fsp3) is 0.0588. The van der Waals surface area contributed by atoms with E-state index in [1.165, 1.54) is 13.2 Å². The van der Waals surface area contributed by atoms with E-state index < -0.39 is 10.1 Å². The minimum absolute atomic E-state index is 0.199. The van der Waals surface area contributed by atoms with Crippen LogP contribution in [0.3, 0.4) is 0 Å². The van der Waals surface area contributed by atoms with E-state index >= 15 is 0 Å². The predicted octanol–water partition coefficient (Wildman–Crippen LogP) is 4.51. The van der Waals surface area contributed by atoms with Crippen LogP contribution in [-0.4, -0.2) is 20.1 Å². The lowest BCUT2D eigenvalue weighted by Crippen LogP contribution is -1.98. The first kappa shape index (κ1) is 16.1. The Kier molecular flexibility index (Phi) is 4.28. The number of azo groups is 1. The highest BCUT2D eigenvalue weighted by Crippen LogP contribution is 2.32. The van der Waals surface area contributed by atoms with E-state index in [9.17, 15) is 13.0 Å². The number of nitrogens with zero attached hydrogens (tertiary/aromatic N) is 2. The molecule has 0 saturated heterocycles. The van der Waals surface area contributed by atoms with Gasteiger partial charge in [-0.05, 0) is 29.7 Å². The van der Waals surface area contributed by atoms with Crippen LogP contribution in [0.4, 0.5) is 11.4 Å². The van der Waals surface area contributed by atoms with E-state index in [0.29, 0.717) is 27.9 Å². The molecule has 0 amide bonds. The summed E-state index contributed by atoms with van der Waals surface area (Å²) in [5.41, 5.74) is 0.828. The number of hydrogen-bond donors (Lipinski definition) is 1. The van der Waals surface area contributed by atoms with E-state index in [-0.39, 0.29) is 4.90 Å². The van der Waals surface area contributed by atoms with Crippen LogP contribution in [0.1, 0.15) is 0 Å². The minimum atomic E-state index is -4.37. The van der Waals surface area contributed by atoms with Crippen LogP contribution in [0.15, 0.2) is 75.8 Å². The molecule has 0 aromatic heterocycles. The summed E-state index contributed by atoms with van der Waals surface area (Å²) in [6, 6.07) is 16.9. The third kappa shape index (κ3) is 3.27. The van der Waals surface area contributed by atoms with Gasteiger partial charge in [0.05, 0.1) is 12.8 Å². The molecule has 122 valence electrons. The second-order valence-electron chi connectivity index (χ2n) is 5.01. The Morgan fingerprint density at radius 2 is 1.67 bits per heavy atom. The van der Waals surface area contributed by atoms with Gasteiger partial charge in [-0.3, -0.25) is 4.55 Å². The maximum atomic E-state index is 11.6. The molecule has 0 radical (unpaired) electrons. The Labute approximate surface area is 139 Å². The van der Waals surface area contributed by atoms with Crippen molar-refractivity contribution in [2.45, 2.75) is 4.90 Å². The largest absolute Gasteiger partial charge is 0.494 e. The number of methoxy groups -OCH3 is 1. The van der Waals surface area contributed by atoms with Gasteiger partial charge in [0.1, 0.15) is 16.3 Å². The zero-order valence-electron chi connectivity index (χ0n) is 12.7. The second kappa shape index (κ2) is 6.38. The van der Waals surface area contributed by atoms with Gasteiger partial charge in [0.15, 0.2) is 0 Å². The molecule has 3 rings (SSSR count). The maximum Gasteiger partial charge on any atom is 0.295 e. The van der Waals surface area contributed by atoms with Gasteiger partial charge in [-0.15, -0.1) is 5.11 Å². The lowest BCUT2D eigenvalue weighted by atomic mass is 10.1. The quantitative estimate of drug-likeness (QED) is 0.558. The van der Waals surface area contributed by atoms with Crippen molar-refractivity contribution in [2.24, 2.45) is 10.2 Å². The summed E-state index contributed by atoms with van der Waals surface area (Å²) in [6.07, 6.45) is 0.